The number of unbranched alkanes of at least 4 members (excludes halogenated alkanes) is 1. The highest BCUT2D eigenvalue weighted by Crippen LogP contribution is 2.67. The van der Waals surface area contributed by atoms with Gasteiger partial charge in [0.2, 0.25) is 0 Å². The number of hydrogen-bond acceptors (Lipinski definition) is 2. The Morgan fingerprint density at radius 2 is 1.82 bits per heavy atom. The first-order valence-electron chi connectivity index (χ1n) is 16.6. The third-order valence-electron chi connectivity index (χ3n) is 12.1. The Balaban J connectivity index is 1.38. The number of allylic oxidation sites excluding steroid dienone is 1. The number of hydrogen-bond donors (Lipinski definition) is 1. The van der Waals surface area contributed by atoms with Crippen molar-refractivity contribution < 1.29 is 9.53 Å². The summed E-state index contributed by atoms with van der Waals surface area (Å²) in [5, 5.41) is 3.15. The second-order valence-corrected chi connectivity index (χ2v) is 15.7. The van der Waals surface area contributed by atoms with Crippen molar-refractivity contribution in [3.05, 3.63) is 11.6 Å². The van der Waals surface area contributed by atoms with Crippen LogP contribution in [0.25, 0.3) is 0 Å². The monoisotopic (exact) mass is 527 g/mol. The van der Waals surface area contributed by atoms with E-state index in [1.54, 1.807) is 5.57 Å². The highest BCUT2D eigenvalue weighted by molar-refractivity contribution is 5.68. The van der Waals surface area contributed by atoms with E-state index in [9.17, 15) is 4.79 Å². The van der Waals surface area contributed by atoms with Gasteiger partial charge in [-0.1, -0.05) is 85.3 Å². The van der Waals surface area contributed by atoms with E-state index in [2.05, 4.69) is 66.8 Å². The van der Waals surface area contributed by atoms with Crippen molar-refractivity contribution in [3.8, 4) is 0 Å². The number of amides is 1. The van der Waals surface area contributed by atoms with E-state index in [4.69, 9.17) is 4.74 Å². The summed E-state index contributed by atoms with van der Waals surface area (Å²) in [5.41, 5.74) is 2.26. The molecule has 8 atom stereocenters. The molecule has 0 saturated heterocycles. The number of nitrogens with one attached hydrogen (secondary N) is 1. The molecule has 1 amide bonds. The fourth-order valence-electron chi connectivity index (χ4n) is 9.89. The van der Waals surface area contributed by atoms with Crippen molar-refractivity contribution in [2.45, 2.75) is 157 Å². The number of carbonyl (C=O) groups is 1. The zero-order chi connectivity index (χ0) is 27.7. The van der Waals surface area contributed by atoms with Crippen LogP contribution < -0.4 is 5.32 Å². The zero-order valence-corrected chi connectivity index (χ0v) is 26.3. The highest BCUT2D eigenvalue weighted by atomic mass is 16.6. The Morgan fingerprint density at radius 3 is 2.53 bits per heavy atom. The molecule has 0 aromatic heterocycles. The van der Waals surface area contributed by atoms with E-state index in [0.717, 1.165) is 67.6 Å². The predicted molar refractivity (Wildman–Crippen MR) is 160 cm³/mol. The van der Waals surface area contributed by atoms with E-state index >= 15 is 0 Å². The van der Waals surface area contributed by atoms with E-state index in [1.807, 2.05) is 0 Å². The maximum atomic E-state index is 12.8. The van der Waals surface area contributed by atoms with Crippen molar-refractivity contribution in [2.75, 3.05) is 0 Å². The molecule has 3 saturated carbocycles. The summed E-state index contributed by atoms with van der Waals surface area (Å²) in [5.74, 6) is 5.20. The summed E-state index contributed by atoms with van der Waals surface area (Å²) in [4.78, 5) is 12.8. The molecule has 1 N–H and O–H groups in total. The lowest BCUT2D eigenvalue weighted by atomic mass is 9.47. The summed E-state index contributed by atoms with van der Waals surface area (Å²) in [6, 6.07) is 0. The van der Waals surface area contributed by atoms with Gasteiger partial charge in [0, 0.05) is 12.0 Å². The minimum absolute atomic E-state index is 0.0317. The summed E-state index contributed by atoms with van der Waals surface area (Å²) >= 11 is 0. The number of carbonyl (C=O) groups excluding carboxylic acids is 1. The van der Waals surface area contributed by atoms with Gasteiger partial charge in [0.25, 0.3) is 0 Å². The molecule has 218 valence electrons. The largest absolute Gasteiger partial charge is 0.446 e. The van der Waals surface area contributed by atoms with Crippen LogP contribution in [0.2, 0.25) is 0 Å². The van der Waals surface area contributed by atoms with Crippen LogP contribution in [0.5, 0.6) is 0 Å². The van der Waals surface area contributed by atoms with E-state index in [0.29, 0.717) is 10.8 Å². The molecule has 3 unspecified atom stereocenters. The molecular weight excluding hydrogens is 466 g/mol. The Labute approximate surface area is 235 Å². The Bertz CT molecular complexity index is 845. The summed E-state index contributed by atoms with van der Waals surface area (Å²) in [6.07, 6.45) is 20.0. The van der Waals surface area contributed by atoms with E-state index in [-0.39, 0.29) is 17.7 Å². The molecule has 3 nitrogen and oxygen atoms in total. The topological polar surface area (TPSA) is 38.3 Å². The molecule has 0 heterocycles. The van der Waals surface area contributed by atoms with Crippen molar-refractivity contribution >= 4 is 6.09 Å². The highest BCUT2D eigenvalue weighted by Gasteiger charge is 2.59. The van der Waals surface area contributed by atoms with Crippen LogP contribution in [0.15, 0.2) is 11.6 Å². The van der Waals surface area contributed by atoms with Gasteiger partial charge in [-0.3, -0.25) is 0 Å². The van der Waals surface area contributed by atoms with Crippen LogP contribution >= 0.6 is 0 Å². The molecule has 4 rings (SSSR count). The Morgan fingerprint density at radius 1 is 1.05 bits per heavy atom. The number of ether oxygens (including phenoxy) is 1. The van der Waals surface area contributed by atoms with Crippen LogP contribution in [-0.4, -0.2) is 17.7 Å². The SMILES string of the molecule is CCCCC(C)(C)NC(=O)O[C@H]1CC[C@@]2(C)C(=CCC3C2CC[C@@]2(C)C3CC[C@@H]2[C@H](C)CCCC(C)C)C1. The van der Waals surface area contributed by atoms with Gasteiger partial charge in [-0.2, -0.15) is 0 Å². The third kappa shape index (κ3) is 6.17. The first kappa shape index (κ1) is 30.0. The smallest absolute Gasteiger partial charge is 0.407 e. The maximum absolute atomic E-state index is 12.8. The summed E-state index contributed by atoms with van der Waals surface area (Å²) in [6.45, 7) is 19.0. The molecule has 3 heteroatoms. The quantitative estimate of drug-likeness (QED) is 0.287. The van der Waals surface area contributed by atoms with Gasteiger partial charge >= 0.3 is 6.09 Å². The normalized spacial score (nSPS) is 37.6. The van der Waals surface area contributed by atoms with Crippen molar-refractivity contribution in [1.29, 1.82) is 0 Å². The van der Waals surface area contributed by atoms with Gasteiger partial charge in [-0.05, 0) is 112 Å². The summed E-state index contributed by atoms with van der Waals surface area (Å²) in [7, 11) is 0. The second-order valence-electron chi connectivity index (χ2n) is 15.7. The average molecular weight is 528 g/mol. The Hall–Kier alpha value is -0.990. The van der Waals surface area contributed by atoms with Crippen LogP contribution in [-0.2, 0) is 4.74 Å². The van der Waals surface area contributed by atoms with Gasteiger partial charge < -0.3 is 10.1 Å². The lowest BCUT2D eigenvalue weighted by molar-refractivity contribution is -0.0583. The molecule has 0 aliphatic heterocycles. The standard InChI is InChI=1S/C35H61NO2/c1-9-10-20-33(5,6)36-32(37)38-27-18-21-34(7)26(23-27)14-15-28-30-17-16-29(25(4)13-11-12-24(2)3)35(30,8)22-19-31(28)34/h14,24-25,27-31H,9-13,15-23H2,1-8H3,(H,36,37)/t25-,27+,28?,29-,30?,31?,34+,35-/m1/s1. The molecule has 3 fully saturated rings. The first-order valence-corrected chi connectivity index (χ1v) is 16.6. The van der Waals surface area contributed by atoms with Crippen molar-refractivity contribution in [2.24, 2.45) is 46.3 Å². The number of fused-ring (bicyclic) bond motifs is 5. The van der Waals surface area contributed by atoms with Gasteiger partial charge in [0.1, 0.15) is 6.10 Å². The molecule has 0 aromatic carbocycles. The van der Waals surface area contributed by atoms with Crippen LogP contribution in [0.3, 0.4) is 0 Å². The second kappa shape index (κ2) is 11.9. The molecule has 0 bridgehead atoms. The van der Waals surface area contributed by atoms with Crippen molar-refractivity contribution in [3.63, 3.8) is 0 Å². The van der Waals surface area contributed by atoms with Crippen molar-refractivity contribution in [1.82, 2.24) is 5.32 Å². The minimum Gasteiger partial charge on any atom is -0.446 e. The van der Waals surface area contributed by atoms with Gasteiger partial charge in [0.15, 0.2) is 0 Å². The lowest BCUT2D eigenvalue weighted by Crippen LogP contribution is -2.51. The maximum Gasteiger partial charge on any atom is 0.407 e. The molecular formula is C35H61NO2. The number of alkyl carbamates (subject to hydrolysis) is 1. The van der Waals surface area contributed by atoms with Crippen LogP contribution in [0.4, 0.5) is 4.79 Å². The van der Waals surface area contributed by atoms with E-state index in [1.165, 1.54) is 57.8 Å². The third-order valence-corrected chi connectivity index (χ3v) is 12.1. The molecule has 0 spiro atoms. The molecule has 4 aliphatic carbocycles. The zero-order valence-electron chi connectivity index (χ0n) is 26.3. The van der Waals surface area contributed by atoms with E-state index < -0.39 is 0 Å². The summed E-state index contributed by atoms with van der Waals surface area (Å²) < 4.78 is 6.02. The van der Waals surface area contributed by atoms with Gasteiger partial charge in [-0.25, -0.2) is 4.79 Å². The molecule has 38 heavy (non-hydrogen) atoms. The van der Waals surface area contributed by atoms with Crippen LogP contribution in [0.1, 0.15) is 145 Å². The Kier molecular flexibility index (Phi) is 9.36. The van der Waals surface area contributed by atoms with Gasteiger partial charge in [0.05, 0.1) is 0 Å². The van der Waals surface area contributed by atoms with Gasteiger partial charge in [-0.15, -0.1) is 0 Å². The average Bonchev–Trinajstić information content (AvgIpc) is 3.19. The predicted octanol–water partition coefficient (Wildman–Crippen LogP) is 10.1. The molecule has 0 radical (unpaired) electrons. The minimum atomic E-state index is -0.220. The van der Waals surface area contributed by atoms with Crippen LogP contribution in [0, 0.1) is 46.3 Å². The lowest BCUT2D eigenvalue weighted by Gasteiger charge is -2.58. The fourth-order valence-corrected chi connectivity index (χ4v) is 9.89. The molecule has 0 aromatic rings. The first-order chi connectivity index (χ1) is 17.9. The number of rotatable bonds is 10. The fraction of sp³-hybridized carbons (Fsp3) is 0.914. The molecule has 4 aliphatic rings.